The van der Waals surface area contributed by atoms with Crippen molar-refractivity contribution in [1.29, 1.82) is 0 Å². The van der Waals surface area contributed by atoms with Crippen LogP contribution in [0.2, 0.25) is 0 Å². The first kappa shape index (κ1) is 18.8. The van der Waals surface area contributed by atoms with E-state index in [9.17, 15) is 4.79 Å². The van der Waals surface area contributed by atoms with Gasteiger partial charge in [-0.15, -0.1) is 0 Å². The highest BCUT2D eigenvalue weighted by molar-refractivity contribution is 5.84. The lowest BCUT2D eigenvalue weighted by Crippen LogP contribution is -2.55. The summed E-state index contributed by atoms with van der Waals surface area (Å²) < 4.78 is 5.98. The number of carbonyl (C=O) groups is 1. The van der Waals surface area contributed by atoms with E-state index in [1.54, 1.807) is 0 Å². The lowest BCUT2D eigenvalue weighted by molar-refractivity contribution is -0.0177. The van der Waals surface area contributed by atoms with Crippen LogP contribution < -0.4 is 5.32 Å². The van der Waals surface area contributed by atoms with Crippen LogP contribution >= 0.6 is 0 Å². The summed E-state index contributed by atoms with van der Waals surface area (Å²) in [5.41, 5.74) is 2.00. The number of unbranched alkanes of at least 4 members (excludes halogenated alkanes) is 1. The van der Waals surface area contributed by atoms with E-state index in [-0.39, 0.29) is 12.2 Å². The summed E-state index contributed by atoms with van der Waals surface area (Å²) in [6.45, 7) is 5.58. The van der Waals surface area contributed by atoms with Crippen LogP contribution in [0.3, 0.4) is 0 Å². The molecule has 2 heterocycles. The Morgan fingerprint density at radius 1 is 1.22 bits per heavy atom. The van der Waals surface area contributed by atoms with E-state index >= 15 is 0 Å². The van der Waals surface area contributed by atoms with E-state index in [1.165, 1.54) is 57.1 Å². The van der Waals surface area contributed by atoms with E-state index in [0.717, 1.165) is 12.1 Å². The molecule has 5 atom stereocenters. The molecule has 4 rings (SSSR count). The van der Waals surface area contributed by atoms with Gasteiger partial charge in [0.05, 0.1) is 0 Å². The quantitative estimate of drug-likeness (QED) is 0.758. The number of hydrogen-bond acceptors (Lipinski definition) is 3. The van der Waals surface area contributed by atoms with E-state index in [4.69, 9.17) is 4.74 Å². The monoisotopic (exact) mass is 370 g/mol. The molecule has 3 fully saturated rings. The fourth-order valence-corrected chi connectivity index (χ4v) is 5.78. The van der Waals surface area contributed by atoms with Gasteiger partial charge in [-0.2, -0.15) is 0 Å². The SMILES string of the molecule is CCCC[C@H]1[C@@H]2C[C@H]([C@H]3CCCCN31)[C@H](OC(=O)Nc1ccc(C)cc1)C2. The van der Waals surface area contributed by atoms with Crippen molar-refractivity contribution in [1.82, 2.24) is 4.90 Å². The normalized spacial score (nSPS) is 32.7. The highest BCUT2D eigenvalue weighted by atomic mass is 16.6. The van der Waals surface area contributed by atoms with Gasteiger partial charge in [-0.3, -0.25) is 10.2 Å². The zero-order valence-corrected chi connectivity index (χ0v) is 16.8. The molecule has 0 aromatic heterocycles. The number of nitrogens with zero attached hydrogens (tertiary/aromatic N) is 1. The molecule has 2 aliphatic heterocycles. The number of hydrogen-bond donors (Lipinski definition) is 1. The Labute approximate surface area is 163 Å². The Morgan fingerprint density at radius 2 is 2.04 bits per heavy atom. The number of benzene rings is 1. The molecule has 1 aromatic carbocycles. The maximum atomic E-state index is 12.5. The van der Waals surface area contributed by atoms with Gasteiger partial charge < -0.3 is 4.74 Å². The van der Waals surface area contributed by atoms with Crippen LogP contribution in [0.25, 0.3) is 0 Å². The fourth-order valence-electron chi connectivity index (χ4n) is 5.78. The van der Waals surface area contributed by atoms with Gasteiger partial charge in [0.1, 0.15) is 6.10 Å². The number of ether oxygens (including phenoxy) is 1. The van der Waals surface area contributed by atoms with Gasteiger partial charge in [0.25, 0.3) is 0 Å². The lowest BCUT2D eigenvalue weighted by atomic mass is 9.79. The minimum atomic E-state index is -0.288. The molecule has 27 heavy (non-hydrogen) atoms. The Kier molecular flexibility index (Phi) is 5.72. The van der Waals surface area contributed by atoms with Gasteiger partial charge >= 0.3 is 6.09 Å². The Bertz CT molecular complexity index is 644. The highest BCUT2D eigenvalue weighted by Gasteiger charge is 2.52. The third-order valence-electron chi connectivity index (χ3n) is 7.05. The molecule has 1 N–H and O–H groups in total. The third-order valence-corrected chi connectivity index (χ3v) is 7.05. The summed E-state index contributed by atoms with van der Waals surface area (Å²) in [6.07, 6.45) is 9.92. The number of anilines is 1. The fraction of sp³-hybridized carbons (Fsp3) is 0.696. The van der Waals surface area contributed by atoms with Crippen molar-refractivity contribution < 1.29 is 9.53 Å². The summed E-state index contributed by atoms with van der Waals surface area (Å²) in [7, 11) is 0. The average molecular weight is 371 g/mol. The molecule has 4 nitrogen and oxygen atoms in total. The summed E-state index contributed by atoms with van der Waals surface area (Å²) in [4.78, 5) is 15.3. The van der Waals surface area contributed by atoms with Gasteiger partial charge in [-0.1, -0.05) is 43.9 Å². The summed E-state index contributed by atoms with van der Waals surface area (Å²) in [5, 5.41) is 2.92. The van der Waals surface area contributed by atoms with E-state index in [1.807, 2.05) is 31.2 Å². The van der Waals surface area contributed by atoms with Crippen molar-refractivity contribution in [3.8, 4) is 0 Å². The number of fused-ring (bicyclic) bond motifs is 4. The molecule has 2 saturated heterocycles. The molecule has 0 radical (unpaired) electrons. The van der Waals surface area contributed by atoms with Crippen LogP contribution in [-0.4, -0.2) is 35.7 Å². The Morgan fingerprint density at radius 3 is 2.81 bits per heavy atom. The standard InChI is InChI=1S/C23H34N2O2/c1-3-4-7-20-17-14-19(21-8-5-6-13-25(20)21)22(15-17)27-23(26)24-18-11-9-16(2)10-12-18/h9-12,17,19-22H,3-8,13-15H2,1-2H3,(H,24,26)/t17-,19-,20+,21-,22-/m1/s1. The van der Waals surface area contributed by atoms with Crippen LogP contribution in [-0.2, 0) is 4.74 Å². The Hall–Kier alpha value is -1.55. The third kappa shape index (κ3) is 4.01. The van der Waals surface area contributed by atoms with E-state index in [0.29, 0.717) is 23.9 Å². The van der Waals surface area contributed by atoms with E-state index < -0.39 is 0 Å². The minimum Gasteiger partial charge on any atom is -0.446 e. The maximum absolute atomic E-state index is 12.5. The van der Waals surface area contributed by atoms with Crippen LogP contribution in [0.1, 0.15) is 63.9 Å². The van der Waals surface area contributed by atoms with Crippen molar-refractivity contribution in [2.45, 2.75) is 83.4 Å². The van der Waals surface area contributed by atoms with Crippen molar-refractivity contribution >= 4 is 11.8 Å². The topological polar surface area (TPSA) is 41.6 Å². The Balaban J connectivity index is 1.42. The molecule has 1 amide bonds. The number of nitrogens with one attached hydrogen (secondary N) is 1. The number of carbonyl (C=O) groups excluding carboxylic acids is 1. The molecular weight excluding hydrogens is 336 g/mol. The summed E-state index contributed by atoms with van der Waals surface area (Å²) in [5.74, 6) is 1.23. The molecule has 4 heteroatoms. The second-order valence-electron chi connectivity index (χ2n) is 8.84. The number of aryl methyl sites for hydroxylation is 1. The van der Waals surface area contributed by atoms with Gasteiger partial charge in [0.2, 0.25) is 0 Å². The lowest BCUT2D eigenvalue weighted by Gasteiger charge is -2.49. The molecular formula is C23H34N2O2. The minimum absolute atomic E-state index is 0.0812. The van der Waals surface area contributed by atoms with Crippen LogP contribution in [0.5, 0.6) is 0 Å². The van der Waals surface area contributed by atoms with Crippen molar-refractivity contribution in [3.05, 3.63) is 29.8 Å². The zero-order chi connectivity index (χ0) is 18.8. The number of piperidine rings is 2. The molecule has 3 aliphatic rings. The molecule has 1 aromatic rings. The first-order chi connectivity index (χ1) is 13.2. The molecule has 1 saturated carbocycles. The molecule has 1 aliphatic carbocycles. The first-order valence-corrected chi connectivity index (χ1v) is 11.0. The predicted octanol–water partition coefficient (Wildman–Crippen LogP) is 5.37. The van der Waals surface area contributed by atoms with Crippen LogP contribution in [0, 0.1) is 18.8 Å². The second-order valence-corrected chi connectivity index (χ2v) is 8.84. The predicted molar refractivity (Wildman–Crippen MR) is 109 cm³/mol. The number of amides is 1. The number of rotatable bonds is 5. The molecule has 0 unspecified atom stereocenters. The van der Waals surface area contributed by atoms with Crippen molar-refractivity contribution in [3.63, 3.8) is 0 Å². The zero-order valence-electron chi connectivity index (χ0n) is 16.8. The van der Waals surface area contributed by atoms with E-state index in [2.05, 4.69) is 17.1 Å². The van der Waals surface area contributed by atoms with Gasteiger partial charge in [0, 0.05) is 23.7 Å². The van der Waals surface area contributed by atoms with Gasteiger partial charge in [-0.25, -0.2) is 4.79 Å². The van der Waals surface area contributed by atoms with Crippen molar-refractivity contribution in [2.24, 2.45) is 11.8 Å². The van der Waals surface area contributed by atoms with Crippen molar-refractivity contribution in [2.75, 3.05) is 11.9 Å². The molecule has 0 spiro atoms. The molecule has 2 bridgehead atoms. The smallest absolute Gasteiger partial charge is 0.411 e. The highest BCUT2D eigenvalue weighted by Crippen LogP contribution is 2.49. The maximum Gasteiger partial charge on any atom is 0.411 e. The average Bonchev–Trinajstić information content (AvgIpc) is 3.03. The van der Waals surface area contributed by atoms with Gasteiger partial charge in [-0.05, 0) is 63.6 Å². The largest absolute Gasteiger partial charge is 0.446 e. The van der Waals surface area contributed by atoms with Gasteiger partial charge in [0.15, 0.2) is 0 Å². The van der Waals surface area contributed by atoms with Crippen LogP contribution in [0.15, 0.2) is 24.3 Å². The summed E-state index contributed by atoms with van der Waals surface area (Å²) in [6, 6.07) is 9.23. The van der Waals surface area contributed by atoms with Crippen LogP contribution in [0.4, 0.5) is 10.5 Å². The summed E-state index contributed by atoms with van der Waals surface area (Å²) >= 11 is 0. The first-order valence-electron chi connectivity index (χ1n) is 11.0. The molecule has 148 valence electrons. The second kappa shape index (κ2) is 8.22.